The predicted molar refractivity (Wildman–Crippen MR) is 71.1 cm³/mol. The van der Waals surface area contributed by atoms with Crippen molar-refractivity contribution in [3.8, 4) is 0 Å². The van der Waals surface area contributed by atoms with Crippen LogP contribution in [-0.2, 0) is 4.74 Å². The van der Waals surface area contributed by atoms with Gasteiger partial charge in [0.05, 0.1) is 18.0 Å². The Morgan fingerprint density at radius 1 is 1.12 bits per heavy atom. The van der Waals surface area contributed by atoms with Crippen LogP contribution in [0.1, 0.15) is 17.3 Å². The number of rotatable bonds is 4. The Kier molecular flexibility index (Phi) is 4.37. The summed E-state index contributed by atoms with van der Waals surface area (Å²) >= 11 is 0. The van der Waals surface area contributed by atoms with E-state index >= 15 is 0 Å². The quantitative estimate of drug-likeness (QED) is 0.749. The van der Waals surface area contributed by atoms with Gasteiger partial charge in [-0.05, 0) is 19.1 Å². The first-order valence-corrected chi connectivity index (χ1v) is 5.63. The minimum absolute atomic E-state index is 0.277. The summed E-state index contributed by atoms with van der Waals surface area (Å²) in [7, 11) is 7.66. The van der Waals surface area contributed by atoms with Crippen molar-refractivity contribution >= 4 is 17.3 Å². The molecular formula is C13H20N2O2. The van der Waals surface area contributed by atoms with Crippen molar-refractivity contribution in [3.63, 3.8) is 0 Å². The topological polar surface area (TPSA) is 32.8 Å². The average Bonchev–Trinajstić information content (AvgIpc) is 2.28. The van der Waals surface area contributed by atoms with Crippen molar-refractivity contribution in [1.82, 2.24) is 0 Å². The smallest absolute Gasteiger partial charge is 0.342 e. The largest absolute Gasteiger partial charge is 0.462 e. The number of anilines is 2. The summed E-state index contributed by atoms with van der Waals surface area (Å²) in [5.41, 5.74) is 2.36. The van der Waals surface area contributed by atoms with E-state index in [1.165, 1.54) is 0 Å². The highest BCUT2D eigenvalue weighted by atomic mass is 16.5. The van der Waals surface area contributed by atoms with Crippen LogP contribution in [0.15, 0.2) is 18.2 Å². The molecule has 0 saturated carbocycles. The van der Waals surface area contributed by atoms with E-state index in [2.05, 4.69) is 0 Å². The fourth-order valence-corrected chi connectivity index (χ4v) is 1.69. The molecule has 0 aliphatic heterocycles. The lowest BCUT2D eigenvalue weighted by Crippen LogP contribution is -2.20. The highest BCUT2D eigenvalue weighted by Crippen LogP contribution is 2.28. The monoisotopic (exact) mass is 236 g/mol. The van der Waals surface area contributed by atoms with Gasteiger partial charge in [0.1, 0.15) is 5.56 Å². The van der Waals surface area contributed by atoms with E-state index in [-0.39, 0.29) is 5.97 Å². The number of hydrogen-bond donors (Lipinski definition) is 0. The van der Waals surface area contributed by atoms with Gasteiger partial charge < -0.3 is 14.5 Å². The minimum Gasteiger partial charge on any atom is -0.462 e. The van der Waals surface area contributed by atoms with Crippen molar-refractivity contribution in [1.29, 1.82) is 0 Å². The van der Waals surface area contributed by atoms with Gasteiger partial charge in [-0.1, -0.05) is 6.07 Å². The standard InChI is InChI=1S/C13H20N2O2/c1-6-17-13(16)12-10(14(2)3)8-7-9-11(12)15(4)5/h7-9H,6H2,1-5H3. The Balaban J connectivity index is 3.33. The van der Waals surface area contributed by atoms with E-state index in [4.69, 9.17) is 4.74 Å². The lowest BCUT2D eigenvalue weighted by molar-refractivity contribution is 0.0528. The number of hydrogen-bond acceptors (Lipinski definition) is 4. The van der Waals surface area contributed by atoms with Gasteiger partial charge in [0.2, 0.25) is 0 Å². The molecule has 0 amide bonds. The Morgan fingerprint density at radius 2 is 1.59 bits per heavy atom. The number of ether oxygens (including phenoxy) is 1. The fraction of sp³-hybridized carbons (Fsp3) is 0.462. The second-order valence-electron chi connectivity index (χ2n) is 4.18. The zero-order chi connectivity index (χ0) is 13.0. The van der Waals surface area contributed by atoms with E-state index in [0.717, 1.165) is 11.4 Å². The number of carbonyl (C=O) groups is 1. The molecule has 17 heavy (non-hydrogen) atoms. The van der Waals surface area contributed by atoms with E-state index in [1.807, 2.05) is 63.1 Å². The minimum atomic E-state index is -0.277. The molecule has 0 heterocycles. The second kappa shape index (κ2) is 5.57. The molecule has 0 fully saturated rings. The van der Waals surface area contributed by atoms with Crippen LogP contribution < -0.4 is 9.80 Å². The van der Waals surface area contributed by atoms with Crippen LogP contribution in [0.2, 0.25) is 0 Å². The summed E-state index contributed by atoms with van der Waals surface area (Å²) in [6.07, 6.45) is 0. The molecule has 0 unspecified atom stereocenters. The Labute approximate surface area is 103 Å². The maximum atomic E-state index is 12.0. The molecule has 0 N–H and O–H groups in total. The molecule has 0 saturated heterocycles. The molecule has 0 radical (unpaired) electrons. The van der Waals surface area contributed by atoms with E-state index in [1.54, 1.807) is 0 Å². The van der Waals surface area contributed by atoms with Gasteiger partial charge in [0, 0.05) is 28.2 Å². The zero-order valence-electron chi connectivity index (χ0n) is 11.2. The van der Waals surface area contributed by atoms with Gasteiger partial charge in [0.15, 0.2) is 0 Å². The van der Waals surface area contributed by atoms with Gasteiger partial charge >= 0.3 is 5.97 Å². The molecule has 0 atom stereocenters. The van der Waals surface area contributed by atoms with Crippen LogP contribution >= 0.6 is 0 Å². The fourth-order valence-electron chi connectivity index (χ4n) is 1.69. The predicted octanol–water partition coefficient (Wildman–Crippen LogP) is 2.00. The maximum absolute atomic E-state index is 12.0. The maximum Gasteiger partial charge on any atom is 0.342 e. The molecule has 1 rings (SSSR count). The third-order valence-electron chi connectivity index (χ3n) is 2.46. The lowest BCUT2D eigenvalue weighted by atomic mass is 10.1. The number of nitrogens with zero attached hydrogens (tertiary/aromatic N) is 2. The van der Waals surface area contributed by atoms with E-state index in [9.17, 15) is 4.79 Å². The van der Waals surface area contributed by atoms with Crippen molar-refractivity contribution in [3.05, 3.63) is 23.8 Å². The molecule has 0 aliphatic rings. The number of carbonyl (C=O) groups excluding carboxylic acids is 1. The highest BCUT2D eigenvalue weighted by molar-refractivity contribution is 6.01. The molecule has 1 aromatic carbocycles. The SMILES string of the molecule is CCOC(=O)c1c(N(C)C)cccc1N(C)C. The van der Waals surface area contributed by atoms with Crippen molar-refractivity contribution in [2.75, 3.05) is 44.6 Å². The molecular weight excluding hydrogens is 216 g/mol. The molecule has 0 spiro atoms. The van der Waals surface area contributed by atoms with E-state index < -0.39 is 0 Å². The Hall–Kier alpha value is -1.71. The summed E-state index contributed by atoms with van der Waals surface area (Å²) < 4.78 is 5.12. The molecule has 4 nitrogen and oxygen atoms in total. The molecule has 0 aliphatic carbocycles. The average molecular weight is 236 g/mol. The molecule has 0 aromatic heterocycles. The molecule has 0 bridgehead atoms. The lowest BCUT2D eigenvalue weighted by Gasteiger charge is -2.22. The van der Waals surface area contributed by atoms with Crippen LogP contribution in [0.3, 0.4) is 0 Å². The first-order chi connectivity index (χ1) is 7.99. The van der Waals surface area contributed by atoms with Crippen molar-refractivity contribution in [2.24, 2.45) is 0 Å². The summed E-state index contributed by atoms with van der Waals surface area (Å²) in [5, 5.41) is 0. The van der Waals surface area contributed by atoms with Crippen molar-refractivity contribution in [2.45, 2.75) is 6.92 Å². The molecule has 94 valence electrons. The third-order valence-corrected chi connectivity index (χ3v) is 2.46. The van der Waals surface area contributed by atoms with Gasteiger partial charge in [0.25, 0.3) is 0 Å². The van der Waals surface area contributed by atoms with Gasteiger partial charge in [-0.3, -0.25) is 0 Å². The van der Waals surface area contributed by atoms with Crippen LogP contribution in [0.5, 0.6) is 0 Å². The Bertz CT molecular complexity index is 374. The molecule has 4 heteroatoms. The van der Waals surface area contributed by atoms with Crippen LogP contribution in [0.4, 0.5) is 11.4 Å². The summed E-state index contributed by atoms with van der Waals surface area (Å²) in [6.45, 7) is 2.19. The van der Waals surface area contributed by atoms with E-state index in [0.29, 0.717) is 12.2 Å². The summed E-state index contributed by atoms with van der Waals surface area (Å²) in [5.74, 6) is -0.277. The summed E-state index contributed by atoms with van der Waals surface area (Å²) in [4.78, 5) is 15.9. The molecule has 1 aromatic rings. The Morgan fingerprint density at radius 3 is 1.94 bits per heavy atom. The highest BCUT2D eigenvalue weighted by Gasteiger charge is 2.19. The normalized spacial score (nSPS) is 9.94. The third kappa shape index (κ3) is 2.90. The van der Waals surface area contributed by atoms with Gasteiger partial charge in [-0.25, -0.2) is 4.79 Å². The van der Waals surface area contributed by atoms with Gasteiger partial charge in [-0.15, -0.1) is 0 Å². The zero-order valence-corrected chi connectivity index (χ0v) is 11.2. The summed E-state index contributed by atoms with van der Waals surface area (Å²) in [6, 6.07) is 5.77. The first kappa shape index (κ1) is 13.4. The first-order valence-electron chi connectivity index (χ1n) is 5.63. The number of benzene rings is 1. The van der Waals surface area contributed by atoms with Gasteiger partial charge in [-0.2, -0.15) is 0 Å². The number of esters is 1. The van der Waals surface area contributed by atoms with Crippen LogP contribution in [0.25, 0.3) is 0 Å². The van der Waals surface area contributed by atoms with Crippen LogP contribution in [-0.4, -0.2) is 40.8 Å². The van der Waals surface area contributed by atoms with Crippen molar-refractivity contribution < 1.29 is 9.53 Å². The second-order valence-corrected chi connectivity index (χ2v) is 4.18. The van der Waals surface area contributed by atoms with Crippen LogP contribution in [0, 0.1) is 0 Å².